The van der Waals surface area contributed by atoms with Gasteiger partial charge in [-0.15, -0.1) is 0 Å². The van der Waals surface area contributed by atoms with Crippen molar-refractivity contribution in [2.24, 2.45) is 0 Å². The summed E-state index contributed by atoms with van der Waals surface area (Å²) in [5.41, 5.74) is 2.26. The summed E-state index contributed by atoms with van der Waals surface area (Å²) in [6.07, 6.45) is 4.33. The summed E-state index contributed by atoms with van der Waals surface area (Å²) in [5.74, 6) is 1.67. The predicted octanol–water partition coefficient (Wildman–Crippen LogP) is 3.67. The van der Waals surface area contributed by atoms with Gasteiger partial charge in [0, 0.05) is 43.8 Å². The van der Waals surface area contributed by atoms with Crippen molar-refractivity contribution in [3.8, 4) is 0 Å². The van der Waals surface area contributed by atoms with Crippen LogP contribution in [0.5, 0.6) is 0 Å². The van der Waals surface area contributed by atoms with Crippen LogP contribution in [0.25, 0.3) is 0 Å². The van der Waals surface area contributed by atoms with Crippen molar-refractivity contribution in [3.63, 3.8) is 0 Å². The van der Waals surface area contributed by atoms with Gasteiger partial charge in [0.15, 0.2) is 0 Å². The molecule has 0 saturated carbocycles. The smallest absolute Gasteiger partial charge is 0.229 e. The molecule has 3 rings (SSSR count). The predicted molar refractivity (Wildman–Crippen MR) is 96.8 cm³/mol. The lowest BCUT2D eigenvalue weighted by molar-refractivity contribution is 0.866. The fraction of sp³-hybridized carbons (Fsp3) is 0.444. The Balaban J connectivity index is 1.70. The van der Waals surface area contributed by atoms with E-state index >= 15 is 0 Å². The molecule has 1 N–H and O–H groups in total. The molecule has 1 aromatic heterocycles. The van der Waals surface area contributed by atoms with Gasteiger partial charge in [0.1, 0.15) is 5.82 Å². The molecule has 1 aliphatic heterocycles. The average Bonchev–Trinajstić information content (AvgIpc) is 3.12. The van der Waals surface area contributed by atoms with Gasteiger partial charge in [-0.05, 0) is 57.0 Å². The maximum absolute atomic E-state index is 4.63. The highest BCUT2D eigenvalue weighted by Crippen LogP contribution is 2.22. The molecule has 5 heteroatoms. The second-order valence-electron chi connectivity index (χ2n) is 5.78. The standard InChI is InChI=1S/C18H25N5/c1-3-22(4-2)16-9-7-15(8-10-16)20-18-19-12-11-17(21-18)23-13-5-6-14-23/h7-12H,3-6,13-14H2,1-2H3,(H,19,20,21). The fourth-order valence-electron chi connectivity index (χ4n) is 3.01. The van der Waals surface area contributed by atoms with Crippen molar-refractivity contribution in [3.05, 3.63) is 36.5 Å². The summed E-state index contributed by atoms with van der Waals surface area (Å²) in [6, 6.07) is 10.4. The molecule has 2 heterocycles. The van der Waals surface area contributed by atoms with Gasteiger partial charge in [0.05, 0.1) is 0 Å². The van der Waals surface area contributed by atoms with Gasteiger partial charge < -0.3 is 15.1 Å². The van der Waals surface area contributed by atoms with Crippen molar-refractivity contribution in [1.82, 2.24) is 9.97 Å². The Morgan fingerprint density at radius 1 is 1.04 bits per heavy atom. The minimum atomic E-state index is 0.657. The molecule has 23 heavy (non-hydrogen) atoms. The molecule has 2 aromatic rings. The summed E-state index contributed by atoms with van der Waals surface area (Å²) in [5, 5.41) is 3.30. The first kappa shape index (κ1) is 15.6. The Bertz CT molecular complexity index is 616. The largest absolute Gasteiger partial charge is 0.372 e. The normalized spacial score (nSPS) is 14.1. The first-order valence-corrected chi connectivity index (χ1v) is 8.50. The molecule has 0 radical (unpaired) electrons. The molecule has 1 fully saturated rings. The van der Waals surface area contributed by atoms with Crippen molar-refractivity contribution in [1.29, 1.82) is 0 Å². The molecule has 1 saturated heterocycles. The van der Waals surface area contributed by atoms with E-state index < -0.39 is 0 Å². The monoisotopic (exact) mass is 311 g/mol. The van der Waals surface area contributed by atoms with E-state index in [0.717, 1.165) is 37.7 Å². The van der Waals surface area contributed by atoms with Gasteiger partial charge >= 0.3 is 0 Å². The van der Waals surface area contributed by atoms with E-state index in [9.17, 15) is 0 Å². The summed E-state index contributed by atoms with van der Waals surface area (Å²) in [7, 11) is 0. The lowest BCUT2D eigenvalue weighted by Gasteiger charge is -2.21. The number of anilines is 4. The topological polar surface area (TPSA) is 44.3 Å². The first-order valence-electron chi connectivity index (χ1n) is 8.50. The van der Waals surface area contributed by atoms with Gasteiger partial charge in [0.25, 0.3) is 0 Å². The second-order valence-corrected chi connectivity index (χ2v) is 5.78. The number of hydrogen-bond acceptors (Lipinski definition) is 5. The Morgan fingerprint density at radius 3 is 2.39 bits per heavy atom. The van der Waals surface area contributed by atoms with Crippen molar-refractivity contribution in [2.45, 2.75) is 26.7 Å². The molecule has 0 amide bonds. The van der Waals surface area contributed by atoms with Crippen molar-refractivity contribution in [2.75, 3.05) is 41.3 Å². The Labute approximate surface area is 138 Å². The zero-order valence-electron chi connectivity index (χ0n) is 14.0. The number of hydrogen-bond donors (Lipinski definition) is 1. The Morgan fingerprint density at radius 2 is 1.74 bits per heavy atom. The molecule has 0 atom stereocenters. The molecule has 0 unspecified atom stereocenters. The Kier molecular flexibility index (Phi) is 4.95. The van der Waals surface area contributed by atoms with E-state index in [4.69, 9.17) is 0 Å². The lowest BCUT2D eigenvalue weighted by Crippen LogP contribution is -2.21. The third-order valence-corrected chi connectivity index (χ3v) is 4.32. The van der Waals surface area contributed by atoms with Crippen LogP contribution in [0.4, 0.5) is 23.1 Å². The van der Waals surface area contributed by atoms with Crippen molar-refractivity contribution >= 4 is 23.1 Å². The summed E-state index contributed by atoms with van der Waals surface area (Å²) < 4.78 is 0. The SMILES string of the molecule is CCN(CC)c1ccc(Nc2nccc(N3CCCC3)n2)cc1. The minimum absolute atomic E-state index is 0.657. The van der Waals surface area contributed by atoms with Crippen LogP contribution in [0.1, 0.15) is 26.7 Å². The van der Waals surface area contributed by atoms with Gasteiger partial charge in [0.2, 0.25) is 5.95 Å². The number of rotatable bonds is 6. The van der Waals surface area contributed by atoms with Crippen LogP contribution in [-0.4, -0.2) is 36.1 Å². The molecular formula is C18H25N5. The molecular weight excluding hydrogens is 286 g/mol. The number of nitrogens with zero attached hydrogens (tertiary/aromatic N) is 4. The van der Waals surface area contributed by atoms with Gasteiger partial charge in [-0.1, -0.05) is 0 Å². The van der Waals surface area contributed by atoms with Crippen LogP contribution >= 0.6 is 0 Å². The van der Waals surface area contributed by atoms with Crippen LogP contribution in [-0.2, 0) is 0 Å². The van der Waals surface area contributed by atoms with E-state index in [1.165, 1.54) is 18.5 Å². The van der Waals surface area contributed by atoms with E-state index in [1.807, 2.05) is 12.3 Å². The van der Waals surface area contributed by atoms with Crippen LogP contribution in [0.2, 0.25) is 0 Å². The van der Waals surface area contributed by atoms with E-state index in [2.05, 4.69) is 63.2 Å². The third kappa shape index (κ3) is 3.73. The van der Waals surface area contributed by atoms with Gasteiger partial charge in [-0.2, -0.15) is 4.98 Å². The molecule has 0 aliphatic carbocycles. The molecule has 0 spiro atoms. The zero-order valence-corrected chi connectivity index (χ0v) is 14.0. The van der Waals surface area contributed by atoms with Crippen LogP contribution in [0, 0.1) is 0 Å². The van der Waals surface area contributed by atoms with Crippen molar-refractivity contribution < 1.29 is 0 Å². The zero-order chi connectivity index (χ0) is 16.1. The van der Waals surface area contributed by atoms with E-state index in [-0.39, 0.29) is 0 Å². The van der Waals surface area contributed by atoms with Gasteiger partial charge in [-0.3, -0.25) is 0 Å². The van der Waals surface area contributed by atoms with E-state index in [0.29, 0.717) is 5.95 Å². The average molecular weight is 311 g/mol. The van der Waals surface area contributed by atoms with Crippen LogP contribution < -0.4 is 15.1 Å². The third-order valence-electron chi connectivity index (χ3n) is 4.32. The minimum Gasteiger partial charge on any atom is -0.372 e. The first-order chi connectivity index (χ1) is 11.3. The number of nitrogens with one attached hydrogen (secondary N) is 1. The second kappa shape index (κ2) is 7.31. The van der Waals surface area contributed by atoms with E-state index in [1.54, 1.807) is 0 Å². The summed E-state index contributed by atoms with van der Waals surface area (Å²) >= 11 is 0. The highest BCUT2D eigenvalue weighted by atomic mass is 15.2. The molecule has 1 aliphatic rings. The highest BCUT2D eigenvalue weighted by Gasteiger charge is 2.14. The fourth-order valence-corrected chi connectivity index (χ4v) is 3.01. The molecule has 0 bridgehead atoms. The number of benzene rings is 1. The van der Waals surface area contributed by atoms with Crippen LogP contribution in [0.3, 0.4) is 0 Å². The highest BCUT2D eigenvalue weighted by molar-refractivity contribution is 5.60. The molecule has 122 valence electrons. The van der Waals surface area contributed by atoms with Crippen LogP contribution in [0.15, 0.2) is 36.5 Å². The maximum Gasteiger partial charge on any atom is 0.229 e. The lowest BCUT2D eigenvalue weighted by atomic mass is 10.2. The quantitative estimate of drug-likeness (QED) is 0.882. The molecule has 5 nitrogen and oxygen atoms in total. The van der Waals surface area contributed by atoms with Gasteiger partial charge in [-0.25, -0.2) is 4.98 Å². The number of aromatic nitrogens is 2. The molecule has 1 aromatic carbocycles. The summed E-state index contributed by atoms with van der Waals surface area (Å²) in [6.45, 7) is 8.57. The summed E-state index contributed by atoms with van der Waals surface area (Å²) in [4.78, 5) is 13.6. The Hall–Kier alpha value is -2.30. The maximum atomic E-state index is 4.63.